The number of benzene rings is 1. The van der Waals surface area contributed by atoms with Crippen LogP contribution < -0.4 is 4.74 Å². The van der Waals surface area contributed by atoms with E-state index in [1.807, 2.05) is 35.3 Å². The number of carbonyl (C=O) groups excluding carboxylic acids is 1. The van der Waals surface area contributed by atoms with Gasteiger partial charge in [-0.2, -0.15) is 0 Å². The molecule has 23 heavy (non-hydrogen) atoms. The molecule has 1 aromatic carbocycles. The van der Waals surface area contributed by atoms with Crippen LogP contribution in [0.1, 0.15) is 38.2 Å². The van der Waals surface area contributed by atoms with Gasteiger partial charge in [0.15, 0.2) is 0 Å². The molecule has 0 aromatic heterocycles. The van der Waals surface area contributed by atoms with Gasteiger partial charge in [0.05, 0.1) is 0 Å². The number of hydrogen-bond acceptors (Lipinski definition) is 2. The number of ether oxygens (including phenoxy) is 1. The molecule has 3 nitrogen and oxygen atoms in total. The van der Waals surface area contributed by atoms with Crippen molar-refractivity contribution in [2.24, 2.45) is 0 Å². The predicted octanol–water partition coefficient (Wildman–Crippen LogP) is 4.46. The summed E-state index contributed by atoms with van der Waals surface area (Å²) in [4.78, 5) is 14.5. The molecule has 0 aliphatic carbocycles. The topological polar surface area (TPSA) is 29.5 Å². The van der Waals surface area contributed by atoms with Gasteiger partial charge in [-0.05, 0) is 55.5 Å². The minimum absolute atomic E-state index is 0.106. The number of likely N-dealkylation sites (tertiary alicyclic amines) is 1. The van der Waals surface area contributed by atoms with Crippen molar-refractivity contribution in [1.82, 2.24) is 4.90 Å². The summed E-state index contributed by atoms with van der Waals surface area (Å²) < 4.78 is 5.71. The second-order valence-corrected chi connectivity index (χ2v) is 6.55. The number of hydrogen-bond donors (Lipinski definition) is 0. The standard InChI is InChI=1S/C19H22ClNO2/c1-2-17-5-3-4-10-21(17)19(22)9-6-14-11-15-12-16(20)7-8-18(15)23-13-14/h6-9,11-12,17H,2-5,10,13H2,1H3/b9-6+. The molecule has 1 unspecified atom stereocenters. The van der Waals surface area contributed by atoms with Gasteiger partial charge in [-0.15, -0.1) is 0 Å². The molecule has 1 saturated heterocycles. The van der Waals surface area contributed by atoms with E-state index in [0.717, 1.165) is 42.7 Å². The number of nitrogens with zero attached hydrogens (tertiary/aromatic N) is 1. The molecule has 1 atom stereocenters. The van der Waals surface area contributed by atoms with E-state index in [-0.39, 0.29) is 5.91 Å². The van der Waals surface area contributed by atoms with Crippen molar-refractivity contribution in [1.29, 1.82) is 0 Å². The average Bonchev–Trinajstić information content (AvgIpc) is 2.59. The van der Waals surface area contributed by atoms with Crippen molar-refractivity contribution in [3.8, 4) is 5.75 Å². The third-order valence-corrected chi connectivity index (χ3v) is 4.76. The molecule has 0 N–H and O–H groups in total. The van der Waals surface area contributed by atoms with Gasteiger partial charge in [-0.3, -0.25) is 4.79 Å². The lowest BCUT2D eigenvalue weighted by molar-refractivity contribution is -0.129. The first kappa shape index (κ1) is 16.1. The summed E-state index contributed by atoms with van der Waals surface area (Å²) in [6.45, 7) is 3.50. The van der Waals surface area contributed by atoms with E-state index in [4.69, 9.17) is 16.3 Å². The molecule has 0 saturated carbocycles. The van der Waals surface area contributed by atoms with Crippen LogP contribution in [0.3, 0.4) is 0 Å². The summed E-state index contributed by atoms with van der Waals surface area (Å²) >= 11 is 6.02. The third-order valence-electron chi connectivity index (χ3n) is 4.53. The first-order chi connectivity index (χ1) is 11.2. The summed E-state index contributed by atoms with van der Waals surface area (Å²) in [6, 6.07) is 5.96. The van der Waals surface area contributed by atoms with Crippen molar-refractivity contribution in [3.05, 3.63) is 46.5 Å². The molecule has 1 amide bonds. The Kier molecular flexibility index (Phi) is 5.06. The zero-order valence-corrected chi connectivity index (χ0v) is 14.2. The Hall–Kier alpha value is -1.74. The van der Waals surface area contributed by atoms with Crippen molar-refractivity contribution in [2.75, 3.05) is 13.2 Å². The van der Waals surface area contributed by atoms with E-state index in [2.05, 4.69) is 6.92 Å². The molecule has 0 spiro atoms. The highest BCUT2D eigenvalue weighted by Gasteiger charge is 2.23. The average molecular weight is 332 g/mol. The van der Waals surface area contributed by atoms with Crippen LogP contribution in [0.2, 0.25) is 5.02 Å². The molecule has 4 heteroatoms. The number of halogens is 1. The van der Waals surface area contributed by atoms with E-state index in [1.165, 1.54) is 6.42 Å². The van der Waals surface area contributed by atoms with Crippen molar-refractivity contribution >= 4 is 23.6 Å². The van der Waals surface area contributed by atoms with Gasteiger partial charge in [0.25, 0.3) is 0 Å². The largest absolute Gasteiger partial charge is 0.488 e. The van der Waals surface area contributed by atoms with Crippen LogP contribution in [0, 0.1) is 0 Å². The predicted molar refractivity (Wildman–Crippen MR) is 93.7 cm³/mol. The van der Waals surface area contributed by atoms with Crippen LogP contribution in [-0.2, 0) is 4.79 Å². The molecule has 1 fully saturated rings. The highest BCUT2D eigenvalue weighted by Crippen LogP contribution is 2.29. The molecule has 3 rings (SSSR count). The Balaban J connectivity index is 1.71. The SMILES string of the molecule is CCC1CCCCN1C(=O)/C=C/C1=Cc2cc(Cl)ccc2OC1. The van der Waals surface area contributed by atoms with Crippen LogP contribution in [0.5, 0.6) is 5.75 Å². The zero-order chi connectivity index (χ0) is 16.2. The maximum absolute atomic E-state index is 12.5. The van der Waals surface area contributed by atoms with Crippen molar-refractivity contribution in [2.45, 2.75) is 38.6 Å². The lowest BCUT2D eigenvalue weighted by Gasteiger charge is -2.34. The van der Waals surface area contributed by atoms with Crippen LogP contribution in [0.4, 0.5) is 0 Å². The Morgan fingerprint density at radius 3 is 3.13 bits per heavy atom. The van der Waals surface area contributed by atoms with Gasteiger partial charge in [0.1, 0.15) is 12.4 Å². The molecular formula is C19H22ClNO2. The molecule has 122 valence electrons. The van der Waals surface area contributed by atoms with Crippen LogP contribution in [0.25, 0.3) is 6.08 Å². The van der Waals surface area contributed by atoms with E-state index in [9.17, 15) is 4.79 Å². The first-order valence-electron chi connectivity index (χ1n) is 8.29. The van der Waals surface area contributed by atoms with E-state index >= 15 is 0 Å². The van der Waals surface area contributed by atoms with Gasteiger partial charge < -0.3 is 9.64 Å². The molecule has 2 aliphatic heterocycles. The Bertz CT molecular complexity index is 651. The number of amides is 1. The number of rotatable bonds is 3. The smallest absolute Gasteiger partial charge is 0.246 e. The quantitative estimate of drug-likeness (QED) is 0.765. The molecule has 2 aliphatic rings. The van der Waals surface area contributed by atoms with Crippen LogP contribution in [-0.4, -0.2) is 30.0 Å². The maximum Gasteiger partial charge on any atom is 0.246 e. The summed E-state index contributed by atoms with van der Waals surface area (Å²) in [7, 11) is 0. The van der Waals surface area contributed by atoms with Crippen molar-refractivity contribution < 1.29 is 9.53 Å². The summed E-state index contributed by atoms with van der Waals surface area (Å²) in [5.41, 5.74) is 1.94. The lowest BCUT2D eigenvalue weighted by Crippen LogP contribution is -2.42. The fourth-order valence-corrected chi connectivity index (χ4v) is 3.43. The van der Waals surface area contributed by atoms with Crippen LogP contribution >= 0.6 is 11.6 Å². The Morgan fingerprint density at radius 2 is 2.30 bits per heavy atom. The third kappa shape index (κ3) is 3.78. The highest BCUT2D eigenvalue weighted by atomic mass is 35.5. The summed E-state index contributed by atoms with van der Waals surface area (Å²) in [5.74, 6) is 0.939. The number of piperidine rings is 1. The zero-order valence-electron chi connectivity index (χ0n) is 13.4. The van der Waals surface area contributed by atoms with Crippen LogP contribution in [0.15, 0.2) is 35.9 Å². The van der Waals surface area contributed by atoms with Gasteiger partial charge in [-0.1, -0.05) is 24.6 Å². The molecular weight excluding hydrogens is 310 g/mol. The molecule has 0 bridgehead atoms. The second-order valence-electron chi connectivity index (χ2n) is 6.11. The molecule has 2 heterocycles. The number of carbonyl (C=O) groups is 1. The Labute approximate surface area is 142 Å². The first-order valence-corrected chi connectivity index (χ1v) is 8.67. The second kappa shape index (κ2) is 7.22. The monoisotopic (exact) mass is 331 g/mol. The fraction of sp³-hybridized carbons (Fsp3) is 0.421. The number of fused-ring (bicyclic) bond motifs is 1. The van der Waals surface area contributed by atoms with Gasteiger partial charge in [-0.25, -0.2) is 0 Å². The minimum atomic E-state index is 0.106. The lowest BCUT2D eigenvalue weighted by atomic mass is 10.00. The van der Waals surface area contributed by atoms with Gasteiger partial charge >= 0.3 is 0 Å². The highest BCUT2D eigenvalue weighted by molar-refractivity contribution is 6.30. The maximum atomic E-state index is 12.5. The van der Waals surface area contributed by atoms with Crippen molar-refractivity contribution in [3.63, 3.8) is 0 Å². The Morgan fingerprint density at radius 1 is 1.43 bits per heavy atom. The minimum Gasteiger partial charge on any atom is -0.488 e. The molecule has 1 aromatic rings. The summed E-state index contributed by atoms with van der Waals surface area (Å²) in [6.07, 6.45) is 10.1. The van der Waals surface area contributed by atoms with Gasteiger partial charge in [0, 0.05) is 29.2 Å². The van der Waals surface area contributed by atoms with E-state index in [1.54, 1.807) is 6.08 Å². The van der Waals surface area contributed by atoms with E-state index in [0.29, 0.717) is 17.7 Å². The van der Waals surface area contributed by atoms with E-state index < -0.39 is 0 Å². The normalized spacial score (nSPS) is 20.9. The summed E-state index contributed by atoms with van der Waals surface area (Å²) in [5, 5.41) is 0.684. The van der Waals surface area contributed by atoms with Gasteiger partial charge in [0.2, 0.25) is 5.91 Å². The molecule has 0 radical (unpaired) electrons. The fourth-order valence-electron chi connectivity index (χ4n) is 3.25.